The zero-order valence-electron chi connectivity index (χ0n) is 16.8. The number of carbonyl (C=O) groups is 3. The molecule has 0 saturated carbocycles. The van der Waals surface area contributed by atoms with Crippen molar-refractivity contribution >= 4 is 45.0 Å². The average molecular weight is 420 g/mol. The summed E-state index contributed by atoms with van der Waals surface area (Å²) < 4.78 is 5.30. The molecule has 0 spiro atoms. The second-order valence-electron chi connectivity index (χ2n) is 7.52. The molecule has 0 bridgehead atoms. The van der Waals surface area contributed by atoms with Crippen LogP contribution in [0.2, 0.25) is 0 Å². The number of para-hydroxylation sites is 1. The molecule has 1 aliphatic carbocycles. The Bertz CT molecular complexity index is 1240. The Kier molecular flexibility index (Phi) is 4.43. The number of ether oxygens (including phenoxy) is 1. The maximum absolute atomic E-state index is 13.6. The number of aryl methyl sites for hydroxylation is 2. The molecule has 30 heavy (non-hydrogen) atoms. The third kappa shape index (κ3) is 2.61. The first-order chi connectivity index (χ1) is 14.5. The van der Waals surface area contributed by atoms with E-state index in [9.17, 15) is 14.4 Å². The van der Waals surface area contributed by atoms with Crippen molar-refractivity contribution < 1.29 is 19.1 Å². The molecule has 3 aromatic rings. The molecule has 0 N–H and O–H groups in total. The van der Waals surface area contributed by atoms with Crippen molar-refractivity contribution in [3.63, 3.8) is 0 Å². The number of benzene rings is 1. The van der Waals surface area contributed by atoms with Crippen LogP contribution in [0.4, 0.5) is 5.00 Å². The molecule has 152 valence electrons. The lowest BCUT2D eigenvalue weighted by Gasteiger charge is -2.15. The lowest BCUT2D eigenvalue weighted by Crippen LogP contribution is -2.30. The van der Waals surface area contributed by atoms with Crippen LogP contribution in [0, 0.1) is 6.92 Å². The van der Waals surface area contributed by atoms with Gasteiger partial charge in [-0.2, -0.15) is 0 Å². The van der Waals surface area contributed by atoms with Gasteiger partial charge in [0.25, 0.3) is 11.8 Å². The Morgan fingerprint density at radius 1 is 1.13 bits per heavy atom. The number of amides is 2. The molecule has 2 aromatic heterocycles. The minimum atomic E-state index is -0.469. The summed E-state index contributed by atoms with van der Waals surface area (Å²) in [5, 5.41) is 1.04. The maximum Gasteiger partial charge on any atom is 0.341 e. The zero-order chi connectivity index (χ0) is 21.0. The fraction of sp³-hybridized carbons (Fsp3) is 0.304. The quantitative estimate of drug-likeness (QED) is 0.462. The summed E-state index contributed by atoms with van der Waals surface area (Å²) in [6, 6.07) is 7.32. The molecule has 6 nitrogen and oxygen atoms in total. The van der Waals surface area contributed by atoms with Gasteiger partial charge in [-0.1, -0.05) is 18.2 Å². The van der Waals surface area contributed by atoms with E-state index in [1.807, 2.05) is 18.2 Å². The summed E-state index contributed by atoms with van der Waals surface area (Å²) in [6.45, 7) is 3.73. The van der Waals surface area contributed by atoms with Gasteiger partial charge >= 0.3 is 5.97 Å². The SMILES string of the molecule is CCOC(=O)c1c(N2C(=O)c3c(C)nc4ccccc4c3C2=O)sc2c1CCCC2. The van der Waals surface area contributed by atoms with E-state index in [-0.39, 0.29) is 6.61 Å². The van der Waals surface area contributed by atoms with Gasteiger partial charge < -0.3 is 4.74 Å². The normalized spacial score (nSPS) is 15.5. The standard InChI is InChI=1S/C23H20N2O4S/c1-3-29-23(28)19-14-9-5-7-11-16(14)30-22(19)25-20(26)17-12(2)24-15-10-6-4-8-13(15)18(17)21(25)27/h4,6,8,10H,3,5,7,9,11H2,1-2H3. The number of rotatable bonds is 3. The van der Waals surface area contributed by atoms with Crippen molar-refractivity contribution in [2.24, 2.45) is 0 Å². The van der Waals surface area contributed by atoms with Crippen LogP contribution in [0.1, 0.15) is 67.0 Å². The number of anilines is 1. The topological polar surface area (TPSA) is 76.6 Å². The lowest BCUT2D eigenvalue weighted by molar-refractivity contribution is 0.0526. The van der Waals surface area contributed by atoms with Crippen LogP contribution < -0.4 is 4.90 Å². The predicted molar refractivity (Wildman–Crippen MR) is 115 cm³/mol. The van der Waals surface area contributed by atoms with Crippen molar-refractivity contribution in [2.45, 2.75) is 39.5 Å². The van der Waals surface area contributed by atoms with Crippen molar-refractivity contribution in [1.82, 2.24) is 4.98 Å². The van der Waals surface area contributed by atoms with Crippen molar-refractivity contribution in [1.29, 1.82) is 0 Å². The van der Waals surface area contributed by atoms with Crippen molar-refractivity contribution in [3.05, 3.63) is 57.1 Å². The zero-order valence-corrected chi connectivity index (χ0v) is 17.6. The fourth-order valence-electron chi connectivity index (χ4n) is 4.44. The number of pyridine rings is 1. The molecule has 3 heterocycles. The number of thiophene rings is 1. The van der Waals surface area contributed by atoms with Crippen LogP contribution in [-0.2, 0) is 17.6 Å². The molecule has 0 saturated heterocycles. The van der Waals surface area contributed by atoms with Crippen LogP contribution in [0.15, 0.2) is 24.3 Å². The molecule has 0 unspecified atom stereocenters. The Morgan fingerprint density at radius 3 is 2.67 bits per heavy atom. The summed E-state index contributed by atoms with van der Waals surface area (Å²) in [5.41, 5.74) is 3.18. The fourth-order valence-corrected chi connectivity index (χ4v) is 5.81. The van der Waals surface area contributed by atoms with Crippen LogP contribution >= 0.6 is 11.3 Å². The van der Waals surface area contributed by atoms with Gasteiger partial charge in [-0.3, -0.25) is 14.6 Å². The highest BCUT2D eigenvalue weighted by molar-refractivity contribution is 7.17. The molecule has 1 aromatic carbocycles. The number of fused-ring (bicyclic) bond motifs is 4. The summed E-state index contributed by atoms with van der Waals surface area (Å²) in [7, 11) is 0. The third-order valence-electron chi connectivity index (χ3n) is 5.74. The van der Waals surface area contributed by atoms with Gasteiger partial charge in [0.1, 0.15) is 5.00 Å². The van der Waals surface area contributed by atoms with Gasteiger partial charge in [0.05, 0.1) is 34.5 Å². The number of carbonyl (C=O) groups excluding carboxylic acids is 3. The summed E-state index contributed by atoms with van der Waals surface area (Å²) in [4.78, 5) is 46.6. The predicted octanol–water partition coefficient (Wildman–Crippen LogP) is 4.46. The smallest absolute Gasteiger partial charge is 0.341 e. The molecule has 7 heteroatoms. The lowest BCUT2D eigenvalue weighted by atomic mass is 9.95. The van der Waals surface area contributed by atoms with E-state index in [0.29, 0.717) is 38.3 Å². The molecule has 0 radical (unpaired) electrons. The number of hydrogen-bond acceptors (Lipinski definition) is 6. The number of nitrogens with zero attached hydrogens (tertiary/aromatic N) is 2. The number of imide groups is 1. The minimum Gasteiger partial charge on any atom is -0.462 e. The van der Waals surface area contributed by atoms with E-state index >= 15 is 0 Å². The van der Waals surface area contributed by atoms with E-state index in [4.69, 9.17) is 4.74 Å². The highest BCUT2D eigenvalue weighted by Gasteiger charge is 2.43. The van der Waals surface area contributed by atoms with Gasteiger partial charge in [0.15, 0.2) is 0 Å². The van der Waals surface area contributed by atoms with Gasteiger partial charge in [-0.05, 0) is 51.2 Å². The summed E-state index contributed by atoms with van der Waals surface area (Å²) in [6.07, 6.45) is 3.61. The van der Waals surface area contributed by atoms with Crippen LogP contribution in [0.3, 0.4) is 0 Å². The maximum atomic E-state index is 13.6. The highest BCUT2D eigenvalue weighted by atomic mass is 32.1. The second-order valence-corrected chi connectivity index (χ2v) is 8.61. The number of esters is 1. The van der Waals surface area contributed by atoms with E-state index < -0.39 is 17.8 Å². The first-order valence-electron chi connectivity index (χ1n) is 10.1. The molecule has 2 aliphatic rings. The monoisotopic (exact) mass is 420 g/mol. The Balaban J connectivity index is 1.72. The van der Waals surface area contributed by atoms with E-state index in [1.165, 1.54) is 16.2 Å². The highest BCUT2D eigenvalue weighted by Crippen LogP contribution is 2.44. The van der Waals surface area contributed by atoms with E-state index in [2.05, 4.69) is 4.98 Å². The largest absolute Gasteiger partial charge is 0.462 e. The first-order valence-corrected chi connectivity index (χ1v) is 10.9. The van der Waals surface area contributed by atoms with Gasteiger partial charge in [-0.25, -0.2) is 9.69 Å². The van der Waals surface area contributed by atoms with Gasteiger partial charge in [0, 0.05) is 10.3 Å². The van der Waals surface area contributed by atoms with E-state index in [0.717, 1.165) is 36.1 Å². The van der Waals surface area contributed by atoms with Crippen molar-refractivity contribution in [3.8, 4) is 0 Å². The Hall–Kier alpha value is -3.06. The Morgan fingerprint density at radius 2 is 1.87 bits per heavy atom. The third-order valence-corrected chi connectivity index (χ3v) is 7.02. The van der Waals surface area contributed by atoms with Crippen molar-refractivity contribution in [2.75, 3.05) is 11.5 Å². The first kappa shape index (κ1) is 18.9. The van der Waals surface area contributed by atoms with Crippen LogP contribution in [0.25, 0.3) is 10.9 Å². The molecular weight excluding hydrogens is 400 g/mol. The average Bonchev–Trinajstić information content (AvgIpc) is 3.23. The molecule has 2 amide bonds. The summed E-state index contributed by atoms with van der Waals surface area (Å²) >= 11 is 1.37. The second kappa shape index (κ2) is 7.02. The summed E-state index contributed by atoms with van der Waals surface area (Å²) in [5.74, 6) is -1.29. The van der Waals surface area contributed by atoms with Gasteiger partial charge in [0.2, 0.25) is 0 Å². The molecular formula is C23H20N2O4S. The Labute approximate surface area is 177 Å². The van der Waals surface area contributed by atoms with Gasteiger partial charge in [-0.15, -0.1) is 11.3 Å². The van der Waals surface area contributed by atoms with Crippen LogP contribution in [-0.4, -0.2) is 29.4 Å². The number of hydrogen-bond donors (Lipinski definition) is 0. The van der Waals surface area contributed by atoms with E-state index in [1.54, 1.807) is 19.9 Å². The minimum absolute atomic E-state index is 0.235. The molecule has 0 atom stereocenters. The molecule has 5 rings (SSSR count). The molecule has 0 fully saturated rings. The number of aromatic nitrogens is 1. The molecule has 1 aliphatic heterocycles. The van der Waals surface area contributed by atoms with Crippen LogP contribution in [0.5, 0.6) is 0 Å².